The fourth-order valence-electron chi connectivity index (χ4n) is 5.75. The van der Waals surface area contributed by atoms with E-state index in [0.717, 1.165) is 18.9 Å². The summed E-state index contributed by atoms with van der Waals surface area (Å²) in [5.74, 6) is 1.07. The minimum absolute atomic E-state index is 0.516. The minimum atomic E-state index is -2.17. The van der Waals surface area contributed by atoms with Gasteiger partial charge in [0.25, 0.3) is 0 Å². The summed E-state index contributed by atoms with van der Waals surface area (Å²) in [6.07, 6.45) is 6.72. The van der Waals surface area contributed by atoms with Crippen molar-refractivity contribution in [2.45, 2.75) is 47.0 Å². The van der Waals surface area contributed by atoms with Gasteiger partial charge in [-0.3, -0.25) is 0 Å². The second kappa shape index (κ2) is 9.53. The maximum atomic E-state index is 6.67. The first-order chi connectivity index (χ1) is 15.6. The Labute approximate surface area is 211 Å². The number of allylic oxidation sites excluding steroid dienone is 5. The Bertz CT molecular complexity index is 1190. The maximum absolute atomic E-state index is 6.67. The van der Waals surface area contributed by atoms with Crippen molar-refractivity contribution >= 4 is 29.6 Å². The van der Waals surface area contributed by atoms with Crippen LogP contribution in [0.1, 0.15) is 44.5 Å². The second-order valence-electron chi connectivity index (χ2n) is 9.27. The van der Waals surface area contributed by atoms with Gasteiger partial charge < -0.3 is 0 Å². The second-order valence-corrected chi connectivity index (χ2v) is 15.0. The molecule has 0 bridgehead atoms. The molecule has 2 aliphatic rings. The van der Waals surface area contributed by atoms with Gasteiger partial charge in [-0.25, -0.2) is 0 Å². The fourth-order valence-corrected chi connectivity index (χ4v) is 8.46. The molecule has 176 valence electrons. The molecule has 1 aliphatic heterocycles. The van der Waals surface area contributed by atoms with Gasteiger partial charge in [0.15, 0.2) is 0 Å². The monoisotopic (exact) mass is 568 g/mol. The van der Waals surface area contributed by atoms with Crippen molar-refractivity contribution < 1.29 is 13.5 Å². The van der Waals surface area contributed by atoms with Gasteiger partial charge in [-0.15, -0.1) is 0 Å². The summed E-state index contributed by atoms with van der Waals surface area (Å²) in [7, 11) is 13.3. The van der Waals surface area contributed by atoms with Crippen LogP contribution in [0.15, 0.2) is 53.9 Å². The fraction of sp³-hybridized carbons (Fsp3) is 0.321. The Morgan fingerprint density at radius 1 is 0.818 bits per heavy atom. The van der Waals surface area contributed by atoms with Gasteiger partial charge in [-0.2, -0.15) is 0 Å². The first-order valence-electron chi connectivity index (χ1n) is 11.3. The van der Waals surface area contributed by atoms with Crippen LogP contribution in [0.4, 0.5) is 0 Å². The normalized spacial score (nSPS) is 20.4. The summed E-state index contributed by atoms with van der Waals surface area (Å²) in [6.45, 7) is 14.9. The van der Waals surface area contributed by atoms with Crippen LogP contribution >= 0.6 is 19.4 Å². The van der Waals surface area contributed by atoms with Crippen LogP contribution in [0.25, 0.3) is 5.57 Å². The number of hydrogen-bond donors (Lipinski definition) is 2. The summed E-state index contributed by atoms with van der Waals surface area (Å²) in [5, 5.41) is 7.26. The van der Waals surface area contributed by atoms with E-state index in [1.807, 2.05) is 0 Å². The quantitative estimate of drug-likeness (QED) is 0.410. The molecule has 1 unspecified atom stereocenters. The number of rotatable bonds is 3. The molecule has 5 heteroatoms. The van der Waals surface area contributed by atoms with Crippen LogP contribution in [0.5, 0.6) is 0 Å². The van der Waals surface area contributed by atoms with E-state index in [2.05, 4.69) is 99.3 Å². The third kappa shape index (κ3) is 4.53. The van der Waals surface area contributed by atoms with Crippen molar-refractivity contribution in [1.82, 2.24) is 10.6 Å². The van der Waals surface area contributed by atoms with E-state index >= 15 is 0 Å². The molecule has 2 aromatic carbocycles. The number of hydrogen-bond acceptors (Lipinski definition) is 2. The molecule has 4 rings (SSSR count). The van der Waals surface area contributed by atoms with Crippen LogP contribution < -0.4 is 10.6 Å². The molecule has 2 nitrogen and oxygen atoms in total. The van der Waals surface area contributed by atoms with E-state index in [9.17, 15) is 0 Å². The number of halogens is 2. The Hall–Kier alpha value is -1.67. The van der Waals surface area contributed by atoms with Crippen LogP contribution in [0, 0.1) is 41.5 Å². The third-order valence-electron chi connectivity index (χ3n) is 6.56. The third-order valence-corrected chi connectivity index (χ3v) is 8.64. The summed E-state index contributed by atoms with van der Waals surface area (Å²) in [4.78, 5) is 0. The molecule has 1 heterocycles. The van der Waals surface area contributed by atoms with Gasteiger partial charge >= 0.3 is 212 Å². The van der Waals surface area contributed by atoms with Crippen molar-refractivity contribution in [3.63, 3.8) is 0 Å². The Kier molecular flexibility index (Phi) is 7.06. The van der Waals surface area contributed by atoms with E-state index in [1.54, 1.807) is 0 Å². The average Bonchev–Trinajstić information content (AvgIpc) is 3.20. The van der Waals surface area contributed by atoms with E-state index < -0.39 is 18.9 Å². The van der Waals surface area contributed by atoms with E-state index in [4.69, 9.17) is 19.4 Å². The summed E-state index contributed by atoms with van der Waals surface area (Å²) < 4.78 is 2.22. The Morgan fingerprint density at radius 3 is 1.85 bits per heavy atom. The average molecular weight is 569 g/mol. The van der Waals surface area contributed by atoms with Crippen LogP contribution in [-0.4, -0.2) is 17.7 Å². The number of nitrogens with one attached hydrogen (secondary N) is 2. The summed E-state index contributed by atoms with van der Waals surface area (Å²) >= 11 is -2.17. The van der Waals surface area contributed by atoms with Crippen LogP contribution in [0.2, 0.25) is 0 Å². The van der Waals surface area contributed by atoms with Crippen molar-refractivity contribution in [1.29, 1.82) is 0 Å². The predicted molar refractivity (Wildman–Crippen MR) is 141 cm³/mol. The number of aryl methyl sites for hydroxylation is 6. The molecule has 0 saturated carbocycles. The van der Waals surface area contributed by atoms with E-state index in [0.29, 0.717) is 0 Å². The number of benzene rings is 2. The van der Waals surface area contributed by atoms with Crippen LogP contribution in [-0.2, 0) is 18.9 Å². The molecular weight excluding hydrogens is 536 g/mol. The first-order valence-corrected chi connectivity index (χ1v) is 16.8. The molecule has 2 aromatic rings. The van der Waals surface area contributed by atoms with Crippen molar-refractivity contribution in [2.75, 3.05) is 13.1 Å². The van der Waals surface area contributed by atoms with Gasteiger partial charge in [0.05, 0.1) is 0 Å². The summed E-state index contributed by atoms with van der Waals surface area (Å²) in [5.41, 5.74) is 12.1. The van der Waals surface area contributed by atoms with E-state index in [-0.39, 0.29) is 0 Å². The predicted octanol–water partition coefficient (Wildman–Crippen LogP) is 6.56. The molecule has 0 amide bonds. The molecule has 1 atom stereocenters. The molecule has 1 saturated heterocycles. The summed E-state index contributed by atoms with van der Waals surface area (Å²) in [6, 6.07) is 9.08. The molecule has 2 N–H and O–H groups in total. The van der Waals surface area contributed by atoms with Gasteiger partial charge in [-0.05, 0) is 0 Å². The molecule has 1 aliphatic carbocycles. The Morgan fingerprint density at radius 2 is 1.33 bits per heavy atom. The topological polar surface area (TPSA) is 24.1 Å². The zero-order valence-electron chi connectivity index (χ0n) is 20.1. The Balaban J connectivity index is 2.12. The molecule has 0 spiro atoms. The molecule has 1 fully saturated rings. The molecular formula is C28H32Cl2N2Ru. The molecule has 0 aromatic heterocycles. The van der Waals surface area contributed by atoms with E-state index in [1.165, 1.54) is 55.7 Å². The van der Waals surface area contributed by atoms with Gasteiger partial charge in [0.2, 0.25) is 0 Å². The van der Waals surface area contributed by atoms with Crippen molar-refractivity contribution in [3.8, 4) is 0 Å². The van der Waals surface area contributed by atoms with Crippen molar-refractivity contribution in [3.05, 3.63) is 98.4 Å². The molecule has 33 heavy (non-hydrogen) atoms. The SMILES string of the molecule is Cc1cc(C)c(C2=CC=CC([CH]=[Ru]([Cl])[Cl])(c3c(C)cc(C)cc3C)C2=C2NCCN2)c(C)c1. The molecule has 0 radical (unpaired) electrons. The van der Waals surface area contributed by atoms with Crippen LogP contribution in [0.3, 0.4) is 0 Å². The first kappa shape index (κ1) is 24.5. The van der Waals surface area contributed by atoms with Gasteiger partial charge in [-0.1, -0.05) is 0 Å². The zero-order chi connectivity index (χ0) is 23.9. The van der Waals surface area contributed by atoms with Crippen molar-refractivity contribution in [2.24, 2.45) is 0 Å². The van der Waals surface area contributed by atoms with Gasteiger partial charge in [0, 0.05) is 0 Å². The zero-order valence-corrected chi connectivity index (χ0v) is 23.4. The standard InChI is InChI=1S/C28H32N2.2ClH.Ru/c1-17-13-19(3)24(20(4)14-17)23-9-8-10-28(7,26(23)27-29-11-12-30-27)25-21(5)15-18(2)16-22(25)6;;;/h7-10,13-16,29-30H,11-12H2,1-6H3;2*1H;/q;;;+2/p-2. The van der Waals surface area contributed by atoms with Gasteiger partial charge in [0.1, 0.15) is 0 Å².